The van der Waals surface area contributed by atoms with Gasteiger partial charge in [0.2, 0.25) is 0 Å². The summed E-state index contributed by atoms with van der Waals surface area (Å²) in [5.41, 5.74) is 1.60. The molecule has 0 bridgehead atoms. The molecule has 0 aliphatic carbocycles. The van der Waals surface area contributed by atoms with Crippen LogP contribution in [0.4, 0.5) is 5.69 Å². The lowest BCUT2D eigenvalue weighted by Gasteiger charge is -2.15. The molecular formula is C22H22ClNO3S. The van der Waals surface area contributed by atoms with E-state index in [9.17, 15) is 9.59 Å². The van der Waals surface area contributed by atoms with Crippen LogP contribution in [0.3, 0.4) is 0 Å². The van der Waals surface area contributed by atoms with Gasteiger partial charge in [0.05, 0.1) is 22.8 Å². The van der Waals surface area contributed by atoms with E-state index in [-0.39, 0.29) is 17.1 Å². The zero-order valence-electron chi connectivity index (χ0n) is 16.1. The van der Waals surface area contributed by atoms with Crippen molar-refractivity contribution in [3.8, 4) is 5.75 Å². The number of imide groups is 1. The summed E-state index contributed by atoms with van der Waals surface area (Å²) in [7, 11) is 0. The minimum atomic E-state index is -0.336. The number of carbonyl (C=O) groups is 2. The third-order valence-corrected chi connectivity index (χ3v) is 5.40. The smallest absolute Gasteiger partial charge is 0.272 e. The number of nitrogens with zero attached hydrogens (tertiary/aromatic N) is 1. The maximum Gasteiger partial charge on any atom is 0.272 e. The molecule has 0 fully saturated rings. The van der Waals surface area contributed by atoms with Crippen LogP contribution in [0.5, 0.6) is 5.75 Å². The summed E-state index contributed by atoms with van der Waals surface area (Å²) in [4.78, 5) is 28.0. The molecule has 2 aromatic rings. The number of carbonyl (C=O) groups excluding carboxylic acids is 2. The van der Waals surface area contributed by atoms with Gasteiger partial charge in [-0.2, -0.15) is 0 Å². The van der Waals surface area contributed by atoms with Crippen LogP contribution in [0.15, 0.2) is 53.4 Å². The van der Waals surface area contributed by atoms with Gasteiger partial charge in [0, 0.05) is 10.3 Å². The summed E-state index contributed by atoms with van der Waals surface area (Å²) in [5.74, 6) is 0.0950. The summed E-state index contributed by atoms with van der Waals surface area (Å²) >= 11 is 7.47. The molecule has 1 aliphatic heterocycles. The monoisotopic (exact) mass is 415 g/mol. The van der Waals surface area contributed by atoms with Gasteiger partial charge in [-0.25, -0.2) is 4.90 Å². The average Bonchev–Trinajstić information content (AvgIpc) is 2.90. The molecule has 0 spiro atoms. The Kier molecular flexibility index (Phi) is 6.47. The Hall–Kier alpha value is -2.24. The highest BCUT2D eigenvalue weighted by Crippen LogP contribution is 2.40. The molecule has 0 unspecified atom stereocenters. The van der Waals surface area contributed by atoms with Gasteiger partial charge in [0.15, 0.2) is 0 Å². The first-order valence-electron chi connectivity index (χ1n) is 9.21. The molecule has 0 saturated heterocycles. The summed E-state index contributed by atoms with van der Waals surface area (Å²) in [6, 6.07) is 14.1. The summed E-state index contributed by atoms with van der Waals surface area (Å²) in [6.45, 7) is 6.67. The van der Waals surface area contributed by atoms with E-state index in [0.29, 0.717) is 33.4 Å². The first-order chi connectivity index (χ1) is 13.4. The van der Waals surface area contributed by atoms with E-state index in [2.05, 4.69) is 0 Å². The molecule has 3 rings (SSSR count). The average molecular weight is 416 g/mol. The largest absolute Gasteiger partial charge is 0.494 e. The Labute approximate surface area is 174 Å². The van der Waals surface area contributed by atoms with E-state index in [1.165, 1.54) is 16.7 Å². The number of benzene rings is 2. The minimum absolute atomic E-state index is 0.160. The normalized spacial score (nSPS) is 14.4. The lowest BCUT2D eigenvalue weighted by atomic mass is 10.1. The molecule has 0 N–H and O–H groups in total. The Bertz CT molecular complexity index is 922. The fraction of sp³-hybridized carbons (Fsp3) is 0.273. The first kappa shape index (κ1) is 20.5. The van der Waals surface area contributed by atoms with Crippen molar-refractivity contribution in [3.05, 3.63) is 64.0 Å². The third kappa shape index (κ3) is 4.26. The SMILES string of the molecule is CCCOc1ccc(C2=C(SC(C)C)C(=O)N(c3cccc(Cl)c3)C2=O)cc1. The highest BCUT2D eigenvalue weighted by Gasteiger charge is 2.40. The molecule has 2 amide bonds. The predicted molar refractivity (Wildman–Crippen MR) is 116 cm³/mol. The topological polar surface area (TPSA) is 46.6 Å². The molecule has 28 heavy (non-hydrogen) atoms. The number of rotatable bonds is 7. The van der Waals surface area contributed by atoms with Crippen molar-refractivity contribution in [2.24, 2.45) is 0 Å². The molecule has 4 nitrogen and oxygen atoms in total. The first-order valence-corrected chi connectivity index (χ1v) is 10.5. The standard InChI is InChI=1S/C22H22ClNO3S/c1-4-12-27-18-10-8-15(9-11-18)19-20(28-14(2)3)22(26)24(21(19)25)17-7-5-6-16(23)13-17/h5-11,13-14H,4,12H2,1-3H3. The molecular weight excluding hydrogens is 394 g/mol. The van der Waals surface area contributed by atoms with E-state index < -0.39 is 0 Å². The Morgan fingerprint density at radius 1 is 1.07 bits per heavy atom. The van der Waals surface area contributed by atoms with E-state index in [0.717, 1.165) is 12.2 Å². The lowest BCUT2D eigenvalue weighted by molar-refractivity contribution is -0.119. The lowest BCUT2D eigenvalue weighted by Crippen LogP contribution is -2.31. The Balaban J connectivity index is 2.01. The van der Waals surface area contributed by atoms with E-state index in [1.54, 1.807) is 24.3 Å². The number of thioether (sulfide) groups is 1. The Morgan fingerprint density at radius 2 is 1.79 bits per heavy atom. The van der Waals surface area contributed by atoms with Crippen LogP contribution in [0.1, 0.15) is 32.8 Å². The molecule has 0 atom stereocenters. The van der Waals surface area contributed by atoms with Gasteiger partial charge in [-0.3, -0.25) is 9.59 Å². The van der Waals surface area contributed by atoms with Crippen LogP contribution in [0, 0.1) is 0 Å². The van der Waals surface area contributed by atoms with Gasteiger partial charge in [0.25, 0.3) is 11.8 Å². The fourth-order valence-electron chi connectivity index (χ4n) is 2.90. The van der Waals surface area contributed by atoms with Crippen LogP contribution in [0.2, 0.25) is 5.02 Å². The van der Waals surface area contributed by atoms with Crippen LogP contribution in [0.25, 0.3) is 5.57 Å². The molecule has 2 aromatic carbocycles. The van der Waals surface area contributed by atoms with Gasteiger partial charge in [0.1, 0.15) is 5.75 Å². The maximum atomic E-state index is 13.2. The summed E-state index contributed by atoms with van der Waals surface area (Å²) in [5, 5.41) is 0.635. The second kappa shape index (κ2) is 8.84. The number of halogens is 1. The zero-order chi connectivity index (χ0) is 20.3. The Morgan fingerprint density at radius 3 is 2.39 bits per heavy atom. The second-order valence-corrected chi connectivity index (χ2v) is 8.69. The van der Waals surface area contributed by atoms with Crippen molar-refractivity contribution in [1.29, 1.82) is 0 Å². The van der Waals surface area contributed by atoms with Crippen molar-refractivity contribution in [2.75, 3.05) is 11.5 Å². The quantitative estimate of drug-likeness (QED) is 0.556. The fourth-order valence-corrected chi connectivity index (χ4v) is 4.07. The number of hydrogen-bond donors (Lipinski definition) is 0. The molecule has 0 radical (unpaired) electrons. The van der Waals surface area contributed by atoms with E-state index in [1.807, 2.05) is 45.0 Å². The van der Waals surface area contributed by atoms with Crippen LogP contribution in [-0.4, -0.2) is 23.7 Å². The molecule has 1 aliphatic rings. The van der Waals surface area contributed by atoms with Gasteiger partial charge in [-0.1, -0.05) is 50.6 Å². The highest BCUT2D eigenvalue weighted by molar-refractivity contribution is 8.04. The second-order valence-electron chi connectivity index (χ2n) is 6.67. The molecule has 0 saturated carbocycles. The van der Waals surface area contributed by atoms with Gasteiger partial charge in [-0.15, -0.1) is 11.8 Å². The summed E-state index contributed by atoms with van der Waals surface area (Å²) in [6.07, 6.45) is 0.920. The van der Waals surface area contributed by atoms with Gasteiger partial charge >= 0.3 is 0 Å². The number of ether oxygens (including phenoxy) is 1. The van der Waals surface area contributed by atoms with Crippen molar-refractivity contribution in [1.82, 2.24) is 0 Å². The minimum Gasteiger partial charge on any atom is -0.494 e. The summed E-state index contributed by atoms with van der Waals surface area (Å²) < 4.78 is 5.62. The van der Waals surface area contributed by atoms with Crippen LogP contribution < -0.4 is 9.64 Å². The van der Waals surface area contributed by atoms with Crippen LogP contribution in [-0.2, 0) is 9.59 Å². The number of amides is 2. The number of anilines is 1. The van der Waals surface area contributed by atoms with Crippen molar-refractivity contribution in [2.45, 2.75) is 32.4 Å². The van der Waals surface area contributed by atoms with Gasteiger partial charge < -0.3 is 4.74 Å². The molecule has 0 aromatic heterocycles. The predicted octanol–water partition coefficient (Wildman–Crippen LogP) is 5.55. The van der Waals surface area contributed by atoms with Crippen LogP contribution >= 0.6 is 23.4 Å². The zero-order valence-corrected chi connectivity index (χ0v) is 17.6. The van der Waals surface area contributed by atoms with Crippen molar-refractivity contribution >= 4 is 46.4 Å². The third-order valence-electron chi connectivity index (χ3n) is 4.08. The van der Waals surface area contributed by atoms with E-state index in [4.69, 9.17) is 16.3 Å². The molecule has 6 heteroatoms. The highest BCUT2D eigenvalue weighted by atomic mass is 35.5. The molecule has 146 valence electrons. The van der Waals surface area contributed by atoms with Crippen molar-refractivity contribution in [3.63, 3.8) is 0 Å². The number of hydrogen-bond acceptors (Lipinski definition) is 4. The van der Waals surface area contributed by atoms with Crippen molar-refractivity contribution < 1.29 is 14.3 Å². The maximum absolute atomic E-state index is 13.2. The van der Waals surface area contributed by atoms with E-state index >= 15 is 0 Å². The van der Waals surface area contributed by atoms with Gasteiger partial charge in [-0.05, 0) is 42.3 Å². The molecule has 1 heterocycles.